The smallest absolute Gasteiger partial charge is 0.246 e. The van der Waals surface area contributed by atoms with Crippen molar-refractivity contribution in [2.24, 2.45) is 0 Å². The number of carbonyl (C=O) groups excluding carboxylic acids is 1. The molecule has 7 nitrogen and oxygen atoms in total. The molecule has 1 aromatic carbocycles. The number of likely N-dealkylation sites (N-methyl/N-ethyl adjacent to an activating group) is 1. The molecule has 1 atom stereocenters. The topological polar surface area (TPSA) is 68.8 Å². The van der Waals surface area contributed by atoms with Crippen LogP contribution in [-0.4, -0.2) is 42.4 Å². The molecule has 1 aliphatic heterocycles. The number of aromatic nitrogens is 5. The van der Waals surface area contributed by atoms with Crippen LogP contribution in [0.1, 0.15) is 24.4 Å². The number of aryl methyl sites for hydroxylation is 1. The van der Waals surface area contributed by atoms with Crippen molar-refractivity contribution in [3.63, 3.8) is 0 Å². The first-order valence-corrected chi connectivity index (χ1v) is 8.43. The molecule has 0 saturated heterocycles. The lowest BCUT2D eigenvalue weighted by atomic mass is 10.0. The maximum atomic E-state index is 12.9. The first-order chi connectivity index (χ1) is 12.2. The van der Waals surface area contributed by atoms with Crippen LogP contribution in [0.3, 0.4) is 0 Å². The molecular formula is C18H20N6O. The third kappa shape index (κ3) is 2.71. The minimum Gasteiger partial charge on any atom is -0.336 e. The number of hydrogen-bond donors (Lipinski definition) is 0. The third-order valence-corrected chi connectivity index (χ3v) is 4.61. The highest BCUT2D eigenvalue weighted by Gasteiger charge is 2.35. The SMILES string of the molecule is CCn1cc(-c2nnc3n2[C@@H](Cc2ccccc2)C(=O)N(C)C3)cn1. The molecule has 3 heterocycles. The van der Waals surface area contributed by atoms with Crippen molar-refractivity contribution >= 4 is 5.91 Å². The Kier molecular flexibility index (Phi) is 3.83. The van der Waals surface area contributed by atoms with Crippen LogP contribution in [0, 0.1) is 0 Å². The zero-order valence-electron chi connectivity index (χ0n) is 14.3. The monoisotopic (exact) mass is 336 g/mol. The second kappa shape index (κ2) is 6.16. The fourth-order valence-corrected chi connectivity index (χ4v) is 3.28. The highest BCUT2D eigenvalue weighted by Crippen LogP contribution is 2.30. The van der Waals surface area contributed by atoms with Gasteiger partial charge in [-0.15, -0.1) is 10.2 Å². The molecule has 4 rings (SSSR count). The lowest BCUT2D eigenvalue weighted by Gasteiger charge is -2.31. The lowest BCUT2D eigenvalue weighted by molar-refractivity contribution is -0.135. The molecule has 0 radical (unpaired) electrons. The highest BCUT2D eigenvalue weighted by atomic mass is 16.2. The third-order valence-electron chi connectivity index (χ3n) is 4.61. The van der Waals surface area contributed by atoms with Crippen LogP contribution in [0.25, 0.3) is 11.4 Å². The van der Waals surface area contributed by atoms with E-state index in [2.05, 4.69) is 15.3 Å². The van der Waals surface area contributed by atoms with E-state index in [1.54, 1.807) is 11.1 Å². The van der Waals surface area contributed by atoms with Gasteiger partial charge in [-0.2, -0.15) is 5.10 Å². The fraction of sp³-hybridized carbons (Fsp3) is 0.333. The molecule has 0 fully saturated rings. The predicted molar refractivity (Wildman–Crippen MR) is 92.6 cm³/mol. The number of carbonyl (C=O) groups is 1. The number of rotatable bonds is 4. The maximum absolute atomic E-state index is 12.9. The van der Waals surface area contributed by atoms with Crippen LogP contribution in [0.4, 0.5) is 0 Å². The van der Waals surface area contributed by atoms with E-state index < -0.39 is 0 Å². The Bertz CT molecular complexity index is 897. The van der Waals surface area contributed by atoms with E-state index in [0.717, 1.165) is 23.5 Å². The molecule has 0 bridgehead atoms. The van der Waals surface area contributed by atoms with Gasteiger partial charge in [0, 0.05) is 26.2 Å². The molecule has 7 heteroatoms. The molecule has 2 aromatic heterocycles. The minimum absolute atomic E-state index is 0.0836. The quantitative estimate of drug-likeness (QED) is 0.730. The summed E-state index contributed by atoms with van der Waals surface area (Å²) < 4.78 is 3.83. The molecule has 0 spiro atoms. The van der Waals surface area contributed by atoms with Crippen molar-refractivity contribution in [2.75, 3.05) is 7.05 Å². The first-order valence-electron chi connectivity index (χ1n) is 8.43. The molecule has 0 N–H and O–H groups in total. The zero-order chi connectivity index (χ0) is 17.4. The Labute approximate surface area is 145 Å². The summed E-state index contributed by atoms with van der Waals surface area (Å²) in [6.45, 7) is 3.29. The molecule has 0 aliphatic carbocycles. The summed E-state index contributed by atoms with van der Waals surface area (Å²) in [4.78, 5) is 14.6. The van der Waals surface area contributed by atoms with Crippen LogP contribution in [0.2, 0.25) is 0 Å². The summed E-state index contributed by atoms with van der Waals surface area (Å²) in [5.74, 6) is 1.60. The number of benzene rings is 1. The summed E-state index contributed by atoms with van der Waals surface area (Å²) in [6, 6.07) is 9.71. The van der Waals surface area contributed by atoms with Gasteiger partial charge in [-0.05, 0) is 12.5 Å². The van der Waals surface area contributed by atoms with Gasteiger partial charge < -0.3 is 4.90 Å². The standard InChI is InChI=1S/C18H20N6O/c1-3-23-11-14(10-19-23)17-21-20-16-12-22(2)18(25)15(24(16)17)9-13-7-5-4-6-8-13/h4-8,10-11,15H,3,9,12H2,1-2H3/t15-/m0/s1. The van der Waals surface area contributed by atoms with Gasteiger partial charge in [0.05, 0.1) is 18.3 Å². The van der Waals surface area contributed by atoms with Crippen LogP contribution in [0.15, 0.2) is 42.7 Å². The summed E-state index contributed by atoms with van der Waals surface area (Å²) in [6.07, 6.45) is 4.34. The number of fused-ring (bicyclic) bond motifs is 1. The molecule has 3 aromatic rings. The van der Waals surface area contributed by atoms with Crippen molar-refractivity contribution in [3.8, 4) is 11.4 Å². The van der Waals surface area contributed by atoms with Crippen molar-refractivity contribution in [1.29, 1.82) is 0 Å². The van der Waals surface area contributed by atoms with E-state index in [-0.39, 0.29) is 11.9 Å². The van der Waals surface area contributed by atoms with Gasteiger partial charge in [0.2, 0.25) is 5.91 Å². The Hall–Kier alpha value is -2.96. The molecule has 1 aliphatic rings. The van der Waals surface area contributed by atoms with Gasteiger partial charge in [0.15, 0.2) is 11.6 Å². The maximum Gasteiger partial charge on any atom is 0.246 e. The molecule has 1 amide bonds. The van der Waals surface area contributed by atoms with Crippen molar-refractivity contribution < 1.29 is 4.79 Å². The summed E-state index contributed by atoms with van der Waals surface area (Å²) >= 11 is 0. The second-order valence-electron chi connectivity index (χ2n) is 6.29. The first kappa shape index (κ1) is 15.6. The fourth-order valence-electron chi connectivity index (χ4n) is 3.28. The van der Waals surface area contributed by atoms with Gasteiger partial charge in [-0.1, -0.05) is 30.3 Å². The number of hydrogen-bond acceptors (Lipinski definition) is 4. The van der Waals surface area contributed by atoms with Gasteiger partial charge in [-0.25, -0.2) is 0 Å². The second-order valence-corrected chi connectivity index (χ2v) is 6.29. The van der Waals surface area contributed by atoms with Crippen molar-refractivity contribution in [1.82, 2.24) is 29.4 Å². The number of amides is 1. The van der Waals surface area contributed by atoms with Gasteiger partial charge in [0.1, 0.15) is 6.04 Å². The highest BCUT2D eigenvalue weighted by molar-refractivity contribution is 5.82. The summed E-state index contributed by atoms with van der Waals surface area (Å²) in [5, 5.41) is 13.0. The Balaban J connectivity index is 1.78. The van der Waals surface area contributed by atoms with Crippen LogP contribution in [0.5, 0.6) is 0 Å². The normalized spacial score (nSPS) is 17.0. The van der Waals surface area contributed by atoms with Crippen molar-refractivity contribution in [2.45, 2.75) is 32.5 Å². The van der Waals surface area contributed by atoms with Crippen molar-refractivity contribution in [3.05, 3.63) is 54.1 Å². The average Bonchev–Trinajstić information content (AvgIpc) is 3.26. The summed E-state index contributed by atoms with van der Waals surface area (Å²) in [5.41, 5.74) is 2.00. The van der Waals surface area contributed by atoms with Gasteiger partial charge >= 0.3 is 0 Å². The largest absolute Gasteiger partial charge is 0.336 e. The van der Waals surface area contributed by atoms with Gasteiger partial charge in [0.25, 0.3) is 0 Å². The Morgan fingerprint density at radius 1 is 1.20 bits per heavy atom. The molecular weight excluding hydrogens is 316 g/mol. The molecule has 0 unspecified atom stereocenters. The van der Waals surface area contributed by atoms with E-state index in [0.29, 0.717) is 18.8 Å². The predicted octanol–water partition coefficient (Wildman–Crippen LogP) is 1.92. The summed E-state index contributed by atoms with van der Waals surface area (Å²) in [7, 11) is 1.81. The van der Waals surface area contributed by atoms with E-state index in [1.165, 1.54) is 0 Å². The lowest BCUT2D eigenvalue weighted by Crippen LogP contribution is -2.41. The van der Waals surface area contributed by atoms with Crippen LogP contribution < -0.4 is 0 Å². The van der Waals surface area contributed by atoms with Gasteiger partial charge in [-0.3, -0.25) is 14.0 Å². The minimum atomic E-state index is -0.342. The Morgan fingerprint density at radius 2 is 2.00 bits per heavy atom. The molecule has 128 valence electrons. The van der Waals surface area contributed by atoms with E-state index >= 15 is 0 Å². The Morgan fingerprint density at radius 3 is 2.72 bits per heavy atom. The van der Waals surface area contributed by atoms with E-state index in [9.17, 15) is 4.79 Å². The number of nitrogens with zero attached hydrogens (tertiary/aromatic N) is 6. The van der Waals surface area contributed by atoms with Crippen LogP contribution >= 0.6 is 0 Å². The molecule has 0 saturated carbocycles. The zero-order valence-corrected chi connectivity index (χ0v) is 14.3. The van der Waals surface area contributed by atoms with E-state index in [4.69, 9.17) is 0 Å². The molecule has 25 heavy (non-hydrogen) atoms. The van der Waals surface area contributed by atoms with E-state index in [1.807, 2.05) is 59.7 Å². The average molecular weight is 336 g/mol. The van der Waals surface area contributed by atoms with Crippen LogP contribution in [-0.2, 0) is 24.3 Å².